The van der Waals surface area contributed by atoms with Crippen molar-refractivity contribution in [3.05, 3.63) is 119 Å². The van der Waals surface area contributed by atoms with Crippen molar-refractivity contribution in [3.63, 3.8) is 0 Å². The molecule has 0 N–H and O–H groups in total. The molecule has 0 aliphatic heterocycles. The van der Waals surface area contributed by atoms with Crippen LogP contribution in [0.5, 0.6) is 5.75 Å². The maximum Gasteiger partial charge on any atom is 0.248 e. The molecule has 2 heterocycles. The molecule has 5 nitrogen and oxygen atoms in total. The van der Waals surface area contributed by atoms with Crippen LogP contribution in [0.4, 0.5) is 0 Å². The Bertz CT molecular complexity index is 1380. The maximum atomic E-state index is 6.14. The van der Waals surface area contributed by atoms with E-state index in [0.29, 0.717) is 17.5 Å². The number of para-hydroxylation sites is 1. The van der Waals surface area contributed by atoms with E-state index in [1.54, 1.807) is 0 Å². The van der Waals surface area contributed by atoms with Gasteiger partial charge in [0.05, 0.1) is 11.2 Å². The molecule has 0 bridgehead atoms. The Labute approximate surface area is 190 Å². The highest BCUT2D eigenvalue weighted by atomic mass is 35.5. The topological polar surface area (TPSA) is 61.0 Å². The van der Waals surface area contributed by atoms with E-state index in [9.17, 15) is 0 Å². The lowest BCUT2D eigenvalue weighted by molar-refractivity contribution is 0.302. The Balaban J connectivity index is 1.36. The fourth-order valence-electron chi connectivity index (χ4n) is 3.40. The second-order valence-electron chi connectivity index (χ2n) is 7.17. The van der Waals surface area contributed by atoms with E-state index in [1.165, 1.54) is 6.39 Å². The van der Waals surface area contributed by atoms with Crippen LogP contribution in [0.1, 0.15) is 22.7 Å². The van der Waals surface area contributed by atoms with E-state index in [0.717, 1.165) is 39.0 Å². The highest BCUT2D eigenvalue weighted by Crippen LogP contribution is 2.27. The zero-order valence-corrected chi connectivity index (χ0v) is 17.7. The van der Waals surface area contributed by atoms with Gasteiger partial charge in [0.15, 0.2) is 0 Å². The SMILES string of the molecule is Clc1cccc(C=C(c2ccc(OCc3ccc4ccccc4n3)cc2)c2nnco2)c1. The van der Waals surface area contributed by atoms with Gasteiger partial charge >= 0.3 is 0 Å². The van der Waals surface area contributed by atoms with Crippen LogP contribution in [0.3, 0.4) is 0 Å². The number of ether oxygens (including phenoxy) is 1. The average molecular weight is 440 g/mol. The minimum Gasteiger partial charge on any atom is -0.487 e. The summed E-state index contributed by atoms with van der Waals surface area (Å²) in [6.45, 7) is 0.388. The van der Waals surface area contributed by atoms with E-state index in [1.807, 2.05) is 84.9 Å². The van der Waals surface area contributed by atoms with Gasteiger partial charge in [0.2, 0.25) is 12.3 Å². The van der Waals surface area contributed by atoms with E-state index >= 15 is 0 Å². The summed E-state index contributed by atoms with van der Waals surface area (Å²) in [5, 5.41) is 9.67. The largest absolute Gasteiger partial charge is 0.487 e. The predicted molar refractivity (Wildman–Crippen MR) is 125 cm³/mol. The molecule has 0 unspecified atom stereocenters. The number of halogens is 1. The van der Waals surface area contributed by atoms with Crippen molar-refractivity contribution in [2.24, 2.45) is 0 Å². The van der Waals surface area contributed by atoms with Crippen LogP contribution < -0.4 is 4.74 Å². The number of hydrogen-bond acceptors (Lipinski definition) is 5. The molecule has 0 fully saturated rings. The molecule has 5 aromatic rings. The predicted octanol–water partition coefficient (Wildman–Crippen LogP) is 6.44. The standard InChI is InChI=1S/C26H18ClN3O2/c27-21-6-3-4-18(14-21)15-24(26-30-28-17-32-26)19-9-12-23(13-10-19)31-16-22-11-8-20-5-1-2-7-25(20)29-22/h1-15,17H,16H2. The first-order valence-electron chi connectivity index (χ1n) is 10.1. The fourth-order valence-corrected chi connectivity index (χ4v) is 3.60. The Morgan fingerprint density at radius 1 is 0.938 bits per heavy atom. The molecule has 5 rings (SSSR count). The first kappa shape index (κ1) is 20.0. The van der Waals surface area contributed by atoms with Crippen molar-refractivity contribution in [3.8, 4) is 5.75 Å². The zero-order chi connectivity index (χ0) is 21.8. The van der Waals surface area contributed by atoms with E-state index in [-0.39, 0.29) is 0 Å². The summed E-state index contributed by atoms with van der Waals surface area (Å²) in [5.74, 6) is 1.18. The lowest BCUT2D eigenvalue weighted by Crippen LogP contribution is -1.98. The van der Waals surface area contributed by atoms with Crippen LogP contribution in [0, 0.1) is 0 Å². The van der Waals surface area contributed by atoms with Crippen molar-refractivity contribution in [2.75, 3.05) is 0 Å². The number of hydrogen-bond donors (Lipinski definition) is 0. The fraction of sp³-hybridized carbons (Fsp3) is 0.0385. The normalized spacial score (nSPS) is 11.6. The summed E-state index contributed by atoms with van der Waals surface area (Å²) in [4.78, 5) is 4.65. The monoisotopic (exact) mass is 439 g/mol. The molecule has 6 heteroatoms. The summed E-state index contributed by atoms with van der Waals surface area (Å²) in [6.07, 6.45) is 3.28. The van der Waals surface area contributed by atoms with Crippen molar-refractivity contribution in [2.45, 2.75) is 6.61 Å². The van der Waals surface area contributed by atoms with Crippen LogP contribution in [0.15, 0.2) is 95.7 Å². The second-order valence-corrected chi connectivity index (χ2v) is 7.60. The second kappa shape index (κ2) is 9.04. The minimum atomic E-state index is 0.388. The summed E-state index contributed by atoms with van der Waals surface area (Å²) in [6, 6.07) is 27.4. The van der Waals surface area contributed by atoms with Gasteiger partial charge in [-0.2, -0.15) is 0 Å². The van der Waals surface area contributed by atoms with Gasteiger partial charge in [-0.3, -0.25) is 0 Å². The van der Waals surface area contributed by atoms with E-state index in [4.69, 9.17) is 20.8 Å². The Kier molecular flexibility index (Phi) is 5.64. The third kappa shape index (κ3) is 4.53. The van der Waals surface area contributed by atoms with Crippen LogP contribution in [-0.2, 0) is 6.61 Å². The summed E-state index contributed by atoms with van der Waals surface area (Å²) >= 11 is 6.14. The molecular weight excluding hydrogens is 422 g/mol. The highest BCUT2D eigenvalue weighted by molar-refractivity contribution is 6.30. The number of rotatable bonds is 6. The Morgan fingerprint density at radius 2 is 1.81 bits per heavy atom. The third-order valence-corrected chi connectivity index (χ3v) is 5.19. The number of fused-ring (bicyclic) bond motifs is 1. The molecule has 0 amide bonds. The van der Waals surface area contributed by atoms with E-state index < -0.39 is 0 Å². The van der Waals surface area contributed by atoms with Gasteiger partial charge in [0, 0.05) is 16.0 Å². The average Bonchev–Trinajstić information content (AvgIpc) is 3.36. The van der Waals surface area contributed by atoms with Crippen LogP contribution >= 0.6 is 11.6 Å². The summed E-state index contributed by atoms with van der Waals surface area (Å²) in [5.41, 5.74) is 4.49. The van der Waals surface area contributed by atoms with Crippen molar-refractivity contribution < 1.29 is 9.15 Å². The molecule has 0 aliphatic rings. The van der Waals surface area contributed by atoms with Gasteiger partial charge in [-0.05, 0) is 53.6 Å². The van der Waals surface area contributed by atoms with Crippen molar-refractivity contribution in [1.29, 1.82) is 0 Å². The van der Waals surface area contributed by atoms with Gasteiger partial charge in [-0.15, -0.1) is 10.2 Å². The van der Waals surface area contributed by atoms with Gasteiger partial charge < -0.3 is 9.15 Å². The molecule has 0 spiro atoms. The van der Waals surface area contributed by atoms with Gasteiger partial charge in [0.1, 0.15) is 12.4 Å². The summed E-state index contributed by atoms with van der Waals surface area (Å²) < 4.78 is 11.4. The number of nitrogens with zero attached hydrogens (tertiary/aromatic N) is 3. The van der Waals surface area contributed by atoms with Crippen LogP contribution in [-0.4, -0.2) is 15.2 Å². The number of benzene rings is 3. The molecule has 32 heavy (non-hydrogen) atoms. The number of pyridine rings is 1. The quantitative estimate of drug-likeness (QED) is 0.285. The maximum absolute atomic E-state index is 6.14. The molecule has 0 aliphatic carbocycles. The number of aromatic nitrogens is 3. The lowest BCUT2D eigenvalue weighted by atomic mass is 10.0. The first-order valence-corrected chi connectivity index (χ1v) is 10.4. The third-order valence-electron chi connectivity index (χ3n) is 4.96. The van der Waals surface area contributed by atoms with E-state index in [2.05, 4.69) is 21.2 Å². The van der Waals surface area contributed by atoms with Gasteiger partial charge in [-0.25, -0.2) is 4.98 Å². The summed E-state index contributed by atoms with van der Waals surface area (Å²) in [7, 11) is 0. The van der Waals surface area contributed by atoms with Crippen molar-refractivity contribution in [1.82, 2.24) is 15.2 Å². The Morgan fingerprint density at radius 3 is 2.62 bits per heavy atom. The van der Waals surface area contributed by atoms with Crippen LogP contribution in [0.25, 0.3) is 22.6 Å². The zero-order valence-electron chi connectivity index (χ0n) is 17.0. The highest BCUT2D eigenvalue weighted by Gasteiger charge is 2.11. The lowest BCUT2D eigenvalue weighted by Gasteiger charge is -2.09. The Hall–Kier alpha value is -3.96. The minimum absolute atomic E-state index is 0.388. The molecule has 2 aromatic heterocycles. The molecule has 3 aromatic carbocycles. The molecule has 0 atom stereocenters. The molecule has 156 valence electrons. The molecule has 0 saturated carbocycles. The van der Waals surface area contributed by atoms with Gasteiger partial charge in [-0.1, -0.05) is 60.1 Å². The van der Waals surface area contributed by atoms with Crippen LogP contribution in [0.2, 0.25) is 5.02 Å². The molecule has 0 saturated heterocycles. The molecule has 0 radical (unpaired) electrons. The first-order chi connectivity index (χ1) is 15.7. The molecular formula is C26H18ClN3O2. The van der Waals surface area contributed by atoms with Gasteiger partial charge in [0.25, 0.3) is 0 Å². The smallest absolute Gasteiger partial charge is 0.248 e. The van der Waals surface area contributed by atoms with Crippen molar-refractivity contribution >= 4 is 34.2 Å².